The fourth-order valence-corrected chi connectivity index (χ4v) is 1.97. The van der Waals surface area contributed by atoms with Crippen molar-refractivity contribution in [3.05, 3.63) is 35.1 Å². The van der Waals surface area contributed by atoms with Crippen molar-refractivity contribution >= 4 is 11.9 Å². The van der Waals surface area contributed by atoms with E-state index in [0.29, 0.717) is 25.3 Å². The number of carbonyl (C=O) groups excluding carboxylic acids is 1. The number of esters is 1. The first kappa shape index (κ1) is 16.0. The molecule has 5 heteroatoms. The van der Waals surface area contributed by atoms with Gasteiger partial charge in [0.1, 0.15) is 0 Å². The van der Waals surface area contributed by atoms with Crippen molar-refractivity contribution in [2.24, 2.45) is 0 Å². The minimum Gasteiger partial charge on any atom is -0.481 e. The predicted molar refractivity (Wildman–Crippen MR) is 76.0 cm³/mol. The molecule has 0 radical (unpaired) electrons. The van der Waals surface area contributed by atoms with Crippen LogP contribution in [0, 0.1) is 0 Å². The molecule has 0 unspecified atom stereocenters. The van der Waals surface area contributed by atoms with Crippen molar-refractivity contribution in [2.75, 3.05) is 13.2 Å². The van der Waals surface area contributed by atoms with Gasteiger partial charge in [-0.3, -0.25) is 4.79 Å². The van der Waals surface area contributed by atoms with Gasteiger partial charge < -0.3 is 15.2 Å². The summed E-state index contributed by atoms with van der Waals surface area (Å²) in [5.41, 5.74) is 2.73. The highest BCUT2D eigenvalue weighted by Gasteiger charge is 2.12. The summed E-state index contributed by atoms with van der Waals surface area (Å²) in [4.78, 5) is 22.1. The van der Waals surface area contributed by atoms with Crippen LogP contribution in [0.25, 0.3) is 0 Å². The molecule has 0 aromatic heterocycles. The van der Waals surface area contributed by atoms with Gasteiger partial charge in [0.05, 0.1) is 13.0 Å². The number of carboxylic acid groups (broad SMARTS) is 1. The quantitative estimate of drug-likeness (QED) is 0.424. The molecule has 110 valence electrons. The number of hydrogen-bond donors (Lipinski definition) is 2. The maximum Gasteiger partial charge on any atom is 0.332 e. The number of carboxylic acids is 1. The Kier molecular flexibility index (Phi) is 6.56. The summed E-state index contributed by atoms with van der Waals surface area (Å²) in [6.07, 6.45) is 6.93. The molecule has 0 saturated carbocycles. The van der Waals surface area contributed by atoms with E-state index in [4.69, 9.17) is 9.84 Å². The van der Waals surface area contributed by atoms with Gasteiger partial charge in [-0.1, -0.05) is 17.7 Å². The van der Waals surface area contributed by atoms with Crippen LogP contribution in [0.15, 0.2) is 35.1 Å². The molecule has 2 N–H and O–H groups in total. The summed E-state index contributed by atoms with van der Waals surface area (Å²) in [5, 5.41) is 12.0. The van der Waals surface area contributed by atoms with Gasteiger partial charge >= 0.3 is 11.9 Å². The van der Waals surface area contributed by atoms with E-state index in [-0.39, 0.29) is 12.4 Å². The van der Waals surface area contributed by atoms with E-state index in [2.05, 4.69) is 5.32 Å². The van der Waals surface area contributed by atoms with Crippen molar-refractivity contribution < 1.29 is 19.4 Å². The van der Waals surface area contributed by atoms with Crippen LogP contribution in [0.5, 0.6) is 0 Å². The minimum absolute atomic E-state index is 0.0714. The molecule has 0 heterocycles. The molecule has 0 saturated heterocycles. The number of rotatable bonds is 7. The average Bonchev–Trinajstić information content (AvgIpc) is 2.37. The molecular formula is C15H21NO4. The van der Waals surface area contributed by atoms with Crippen LogP contribution in [-0.2, 0) is 14.3 Å². The van der Waals surface area contributed by atoms with E-state index in [1.807, 2.05) is 12.2 Å². The summed E-state index contributed by atoms with van der Waals surface area (Å²) in [6, 6.07) is 0. The maximum atomic E-state index is 11.3. The second-order valence-corrected chi connectivity index (χ2v) is 4.59. The fraction of sp³-hybridized carbons (Fsp3) is 0.467. The first-order valence-corrected chi connectivity index (χ1v) is 6.68. The Morgan fingerprint density at radius 1 is 1.35 bits per heavy atom. The molecule has 0 spiro atoms. The van der Waals surface area contributed by atoms with E-state index in [9.17, 15) is 9.59 Å². The number of aliphatic carboxylic acids is 1. The zero-order valence-corrected chi connectivity index (χ0v) is 11.9. The highest BCUT2D eigenvalue weighted by Crippen LogP contribution is 2.22. The van der Waals surface area contributed by atoms with Crippen LogP contribution in [0.2, 0.25) is 0 Å². The van der Waals surface area contributed by atoms with Crippen LogP contribution < -0.4 is 5.32 Å². The summed E-state index contributed by atoms with van der Waals surface area (Å²) >= 11 is 0. The highest BCUT2D eigenvalue weighted by molar-refractivity contribution is 5.82. The molecule has 0 aromatic rings. The number of carbonyl (C=O) groups is 2. The van der Waals surface area contributed by atoms with Crippen molar-refractivity contribution in [2.45, 2.75) is 33.1 Å². The Hall–Kier alpha value is -2.04. The molecule has 0 aromatic carbocycles. The van der Waals surface area contributed by atoms with E-state index in [1.54, 1.807) is 13.8 Å². The van der Waals surface area contributed by atoms with Crippen molar-refractivity contribution in [1.29, 1.82) is 0 Å². The van der Waals surface area contributed by atoms with E-state index >= 15 is 0 Å². The summed E-state index contributed by atoms with van der Waals surface area (Å²) in [6.45, 7) is 4.44. The zero-order valence-electron chi connectivity index (χ0n) is 11.9. The molecule has 0 bridgehead atoms. The van der Waals surface area contributed by atoms with Gasteiger partial charge in [-0.15, -0.1) is 0 Å². The largest absolute Gasteiger partial charge is 0.481 e. The van der Waals surface area contributed by atoms with Crippen molar-refractivity contribution in [3.8, 4) is 0 Å². The fourth-order valence-electron chi connectivity index (χ4n) is 1.97. The summed E-state index contributed by atoms with van der Waals surface area (Å²) < 4.78 is 4.82. The molecule has 0 amide bonds. The lowest BCUT2D eigenvalue weighted by Crippen LogP contribution is -2.19. The Balaban J connectivity index is 2.59. The van der Waals surface area contributed by atoms with Crippen LogP contribution in [0.4, 0.5) is 0 Å². The maximum absolute atomic E-state index is 11.3. The molecule has 20 heavy (non-hydrogen) atoms. The number of allylic oxidation sites excluding steroid dienone is 3. The number of hydrogen-bond acceptors (Lipinski definition) is 4. The Labute approximate surface area is 119 Å². The average molecular weight is 279 g/mol. The lowest BCUT2D eigenvalue weighted by atomic mass is 9.94. The molecular weight excluding hydrogens is 258 g/mol. The normalized spacial score (nSPS) is 15.2. The molecule has 1 aliphatic carbocycles. The topological polar surface area (TPSA) is 75.6 Å². The molecule has 1 aliphatic rings. The van der Waals surface area contributed by atoms with Gasteiger partial charge in [-0.2, -0.15) is 0 Å². The van der Waals surface area contributed by atoms with E-state index in [1.165, 1.54) is 6.08 Å². The lowest BCUT2D eigenvalue weighted by molar-refractivity contribution is -0.137. The van der Waals surface area contributed by atoms with Gasteiger partial charge in [0.15, 0.2) is 0 Å². The van der Waals surface area contributed by atoms with Crippen molar-refractivity contribution in [3.63, 3.8) is 0 Å². The first-order valence-electron chi connectivity index (χ1n) is 6.68. The van der Waals surface area contributed by atoms with Crippen molar-refractivity contribution in [1.82, 2.24) is 5.32 Å². The van der Waals surface area contributed by atoms with Crippen LogP contribution >= 0.6 is 0 Å². The number of ether oxygens (including phenoxy) is 1. The summed E-state index contributed by atoms with van der Waals surface area (Å²) in [7, 11) is 0. The molecule has 0 aliphatic heterocycles. The first-order chi connectivity index (χ1) is 9.52. The zero-order chi connectivity index (χ0) is 15.0. The highest BCUT2D eigenvalue weighted by atomic mass is 16.5. The second kappa shape index (κ2) is 8.19. The van der Waals surface area contributed by atoms with E-state index < -0.39 is 5.97 Å². The molecule has 0 fully saturated rings. The van der Waals surface area contributed by atoms with E-state index in [0.717, 1.165) is 17.6 Å². The Morgan fingerprint density at radius 3 is 2.60 bits per heavy atom. The van der Waals surface area contributed by atoms with Gasteiger partial charge in [-0.05, 0) is 32.3 Å². The van der Waals surface area contributed by atoms with Gasteiger partial charge in [0.2, 0.25) is 0 Å². The predicted octanol–water partition coefficient (Wildman–Crippen LogP) is 2.16. The SMILES string of the molecule is CCOC(=O)C=C(C)NCC1=C(CC(=O)O)CC=CC1. The molecule has 5 nitrogen and oxygen atoms in total. The second-order valence-electron chi connectivity index (χ2n) is 4.59. The monoisotopic (exact) mass is 279 g/mol. The standard InChI is InChI=1S/C15H21NO4/c1-3-20-15(19)8-11(2)16-10-13-7-5-4-6-12(13)9-14(17)18/h4-5,8,16H,3,6-7,9-10H2,1-2H3,(H,17,18). The number of nitrogens with one attached hydrogen (secondary N) is 1. The Bertz CT molecular complexity index is 460. The van der Waals surface area contributed by atoms with Gasteiger partial charge in [0.25, 0.3) is 0 Å². The third kappa shape index (κ3) is 5.73. The Morgan fingerprint density at radius 2 is 2.00 bits per heavy atom. The molecule has 1 rings (SSSR count). The lowest BCUT2D eigenvalue weighted by Gasteiger charge is -2.17. The third-order valence-corrected chi connectivity index (χ3v) is 2.96. The molecule has 0 atom stereocenters. The van der Waals surface area contributed by atoms with Crippen LogP contribution in [0.1, 0.15) is 33.1 Å². The third-order valence-electron chi connectivity index (χ3n) is 2.96. The van der Waals surface area contributed by atoms with Gasteiger partial charge in [-0.25, -0.2) is 4.79 Å². The summed E-state index contributed by atoms with van der Waals surface area (Å²) in [5.74, 6) is -1.19. The van der Waals surface area contributed by atoms with Crippen LogP contribution in [-0.4, -0.2) is 30.2 Å². The van der Waals surface area contributed by atoms with Crippen LogP contribution in [0.3, 0.4) is 0 Å². The van der Waals surface area contributed by atoms with Gasteiger partial charge in [0, 0.05) is 18.3 Å². The minimum atomic E-state index is -0.813. The smallest absolute Gasteiger partial charge is 0.332 e.